The Morgan fingerprint density at radius 1 is 1.14 bits per heavy atom. The van der Waals surface area contributed by atoms with E-state index in [9.17, 15) is 9.59 Å². The maximum Gasteiger partial charge on any atom is 0.326 e. The molecule has 1 heterocycles. The number of carbonyl (C=O) groups is 2. The van der Waals surface area contributed by atoms with Gasteiger partial charge in [-0.25, -0.2) is 4.79 Å². The molecule has 0 bridgehead atoms. The Morgan fingerprint density at radius 3 is 2.50 bits per heavy atom. The zero-order valence-corrected chi connectivity index (χ0v) is 16.0. The fraction of sp³-hybridized carbons (Fsp3) is 0.143. The lowest BCUT2D eigenvalue weighted by Gasteiger charge is -2.16. The third kappa shape index (κ3) is 4.53. The number of imide groups is 1. The highest BCUT2D eigenvalue weighted by molar-refractivity contribution is 6.30. The molecule has 0 aliphatic carbocycles. The van der Waals surface area contributed by atoms with Crippen LogP contribution in [0.2, 0.25) is 5.02 Å². The van der Waals surface area contributed by atoms with Crippen LogP contribution < -0.4 is 20.1 Å². The Hall–Kier alpha value is -3.25. The summed E-state index contributed by atoms with van der Waals surface area (Å²) in [5.74, 6) is 0.640. The van der Waals surface area contributed by atoms with Crippen LogP contribution >= 0.6 is 11.6 Å². The second kappa shape index (κ2) is 8.63. The summed E-state index contributed by atoms with van der Waals surface area (Å²) in [7, 11) is 1.54. The number of urea groups is 1. The van der Waals surface area contributed by atoms with Gasteiger partial charge in [0.2, 0.25) is 0 Å². The predicted molar refractivity (Wildman–Crippen MR) is 107 cm³/mol. The average molecular weight is 399 g/mol. The molecule has 28 heavy (non-hydrogen) atoms. The van der Waals surface area contributed by atoms with E-state index in [1.165, 1.54) is 0 Å². The third-order valence-electron chi connectivity index (χ3n) is 4.07. The van der Waals surface area contributed by atoms with E-state index in [0.717, 1.165) is 11.1 Å². The Balaban J connectivity index is 1.91. The molecular weight excluding hydrogens is 380 g/mol. The van der Waals surface area contributed by atoms with Crippen molar-refractivity contribution < 1.29 is 19.1 Å². The van der Waals surface area contributed by atoms with Crippen molar-refractivity contribution in [3.63, 3.8) is 0 Å². The van der Waals surface area contributed by atoms with Crippen molar-refractivity contribution in [2.75, 3.05) is 7.11 Å². The van der Waals surface area contributed by atoms with Crippen LogP contribution in [0.1, 0.15) is 16.7 Å². The number of hydrogen-bond donors (Lipinski definition) is 2. The van der Waals surface area contributed by atoms with Crippen LogP contribution in [0.25, 0.3) is 6.08 Å². The van der Waals surface area contributed by atoms with Gasteiger partial charge in [-0.2, -0.15) is 0 Å². The molecule has 2 aromatic carbocycles. The van der Waals surface area contributed by atoms with Crippen molar-refractivity contribution in [3.05, 3.63) is 76.5 Å². The Bertz CT molecular complexity index is 952. The first-order valence-corrected chi connectivity index (χ1v) is 8.91. The Morgan fingerprint density at radius 2 is 1.89 bits per heavy atom. The molecule has 1 aliphatic rings. The number of methoxy groups -OCH3 is 1. The van der Waals surface area contributed by atoms with Crippen molar-refractivity contribution in [2.24, 2.45) is 0 Å². The smallest absolute Gasteiger partial charge is 0.326 e. The van der Waals surface area contributed by atoms with E-state index in [0.29, 0.717) is 35.1 Å². The van der Waals surface area contributed by atoms with Crippen LogP contribution in [-0.4, -0.2) is 19.0 Å². The molecule has 7 heteroatoms. The SMILES string of the molecule is C=CCc1cc(/C=C2\NC(=O)NC2=O)cc(OC)c1OCc1ccc(Cl)cc1. The molecule has 3 amide bonds. The minimum absolute atomic E-state index is 0.173. The highest BCUT2D eigenvalue weighted by Crippen LogP contribution is 2.35. The van der Waals surface area contributed by atoms with Crippen LogP contribution in [0.5, 0.6) is 11.5 Å². The molecule has 0 spiro atoms. The Kier molecular flexibility index (Phi) is 6.01. The quantitative estimate of drug-likeness (QED) is 0.422. The lowest BCUT2D eigenvalue weighted by atomic mass is 10.0. The minimum atomic E-state index is -0.544. The highest BCUT2D eigenvalue weighted by Gasteiger charge is 2.23. The lowest BCUT2D eigenvalue weighted by molar-refractivity contribution is -0.115. The zero-order valence-electron chi connectivity index (χ0n) is 15.3. The summed E-state index contributed by atoms with van der Waals surface area (Å²) in [5.41, 5.74) is 2.68. The summed E-state index contributed by atoms with van der Waals surface area (Å²) >= 11 is 5.92. The number of amides is 3. The Labute approximate surface area is 167 Å². The third-order valence-corrected chi connectivity index (χ3v) is 4.32. The van der Waals surface area contributed by atoms with E-state index in [4.69, 9.17) is 21.1 Å². The number of hydrogen-bond acceptors (Lipinski definition) is 4. The summed E-state index contributed by atoms with van der Waals surface area (Å²) in [4.78, 5) is 23.1. The molecule has 1 saturated heterocycles. The van der Waals surface area contributed by atoms with Gasteiger partial charge in [0.1, 0.15) is 12.3 Å². The van der Waals surface area contributed by atoms with Gasteiger partial charge in [-0.15, -0.1) is 6.58 Å². The summed E-state index contributed by atoms with van der Waals surface area (Å²) in [6, 6.07) is 10.5. The first-order chi connectivity index (χ1) is 13.5. The number of benzene rings is 2. The molecular formula is C21H19ClN2O4. The molecule has 1 fully saturated rings. The fourth-order valence-electron chi connectivity index (χ4n) is 2.77. The van der Waals surface area contributed by atoms with E-state index >= 15 is 0 Å². The van der Waals surface area contributed by atoms with E-state index < -0.39 is 11.9 Å². The molecule has 1 aliphatic heterocycles. The lowest BCUT2D eigenvalue weighted by Crippen LogP contribution is -2.22. The molecule has 3 rings (SSSR count). The van der Waals surface area contributed by atoms with Crippen LogP contribution in [-0.2, 0) is 17.8 Å². The van der Waals surface area contributed by atoms with Crippen LogP contribution in [0.15, 0.2) is 54.8 Å². The largest absolute Gasteiger partial charge is 0.493 e. The second-order valence-corrected chi connectivity index (χ2v) is 6.52. The van der Waals surface area contributed by atoms with Crippen molar-refractivity contribution in [1.29, 1.82) is 0 Å². The van der Waals surface area contributed by atoms with Gasteiger partial charge in [0, 0.05) is 10.6 Å². The van der Waals surface area contributed by atoms with Crippen molar-refractivity contribution in [3.8, 4) is 11.5 Å². The topological polar surface area (TPSA) is 76.7 Å². The summed E-state index contributed by atoms with van der Waals surface area (Å²) in [6.45, 7) is 4.13. The predicted octanol–water partition coefficient (Wildman–Crippen LogP) is 3.84. The van der Waals surface area contributed by atoms with Gasteiger partial charge in [-0.3, -0.25) is 10.1 Å². The van der Waals surface area contributed by atoms with E-state index in [-0.39, 0.29) is 5.70 Å². The summed E-state index contributed by atoms with van der Waals surface area (Å²) < 4.78 is 11.5. The van der Waals surface area contributed by atoms with E-state index in [1.54, 1.807) is 37.5 Å². The number of halogens is 1. The first kappa shape index (κ1) is 19.5. The van der Waals surface area contributed by atoms with Gasteiger partial charge >= 0.3 is 6.03 Å². The van der Waals surface area contributed by atoms with Gasteiger partial charge < -0.3 is 14.8 Å². The number of nitrogens with one attached hydrogen (secondary N) is 2. The van der Waals surface area contributed by atoms with E-state index in [2.05, 4.69) is 17.2 Å². The number of allylic oxidation sites excluding steroid dienone is 1. The maximum absolute atomic E-state index is 11.8. The highest BCUT2D eigenvalue weighted by atomic mass is 35.5. The number of carbonyl (C=O) groups excluding carboxylic acids is 2. The minimum Gasteiger partial charge on any atom is -0.493 e. The van der Waals surface area contributed by atoms with Crippen LogP contribution in [0.3, 0.4) is 0 Å². The molecule has 0 unspecified atom stereocenters. The second-order valence-electron chi connectivity index (χ2n) is 6.09. The number of rotatable bonds is 7. The molecule has 6 nitrogen and oxygen atoms in total. The molecule has 2 N–H and O–H groups in total. The molecule has 144 valence electrons. The van der Waals surface area contributed by atoms with Gasteiger partial charge in [-0.1, -0.05) is 29.8 Å². The summed E-state index contributed by atoms with van der Waals surface area (Å²) in [5, 5.41) is 5.30. The standard InChI is InChI=1S/C21H19ClN2O4/c1-3-4-15-9-14(10-17-20(25)24-21(26)23-17)11-18(27-2)19(15)28-12-13-5-7-16(22)8-6-13/h3,5-11H,1,4,12H2,2H3,(H2,23,24,25,26)/b17-10-. The number of ether oxygens (including phenoxy) is 2. The normalized spacial score (nSPS) is 14.6. The van der Waals surface area contributed by atoms with Gasteiger partial charge in [0.25, 0.3) is 5.91 Å². The van der Waals surface area contributed by atoms with Crippen molar-refractivity contribution in [1.82, 2.24) is 10.6 Å². The molecule has 0 atom stereocenters. The van der Waals surface area contributed by atoms with Crippen molar-refractivity contribution in [2.45, 2.75) is 13.0 Å². The average Bonchev–Trinajstić information content (AvgIpc) is 2.99. The fourth-order valence-corrected chi connectivity index (χ4v) is 2.90. The van der Waals surface area contributed by atoms with Crippen LogP contribution in [0.4, 0.5) is 4.79 Å². The summed E-state index contributed by atoms with van der Waals surface area (Å²) in [6.07, 6.45) is 3.88. The molecule has 0 radical (unpaired) electrons. The first-order valence-electron chi connectivity index (χ1n) is 8.53. The van der Waals surface area contributed by atoms with Gasteiger partial charge in [0.15, 0.2) is 11.5 Å². The van der Waals surface area contributed by atoms with Gasteiger partial charge in [-0.05, 0) is 47.9 Å². The van der Waals surface area contributed by atoms with Crippen LogP contribution in [0, 0.1) is 0 Å². The van der Waals surface area contributed by atoms with Gasteiger partial charge in [0.05, 0.1) is 7.11 Å². The monoisotopic (exact) mass is 398 g/mol. The zero-order chi connectivity index (χ0) is 20.1. The molecule has 0 saturated carbocycles. The van der Waals surface area contributed by atoms with Crippen molar-refractivity contribution >= 4 is 29.6 Å². The molecule has 2 aromatic rings. The molecule has 0 aromatic heterocycles. The van der Waals surface area contributed by atoms with E-state index in [1.807, 2.05) is 18.2 Å². The maximum atomic E-state index is 11.8.